The first-order valence-corrected chi connectivity index (χ1v) is 5.68. The number of phenolic OH excluding ortho intramolecular Hbond substituents is 1. The highest BCUT2D eigenvalue weighted by atomic mass is 79.9. The van der Waals surface area contributed by atoms with Gasteiger partial charge in [-0.25, -0.2) is 0 Å². The molecule has 1 saturated heterocycles. The Morgan fingerprint density at radius 1 is 1.14 bits per heavy atom. The standard InChI is InChI=1S/C9H8Br2O3/c10-6-3-5(4-7(11)8(6)12)9-13-1-2-14-9/h3-4,9,12H,1-2H2. The second-order valence-electron chi connectivity index (χ2n) is 2.91. The summed E-state index contributed by atoms with van der Waals surface area (Å²) in [5, 5.41) is 9.50. The summed E-state index contributed by atoms with van der Waals surface area (Å²) in [5.41, 5.74) is 0.888. The van der Waals surface area contributed by atoms with Gasteiger partial charge in [0.2, 0.25) is 0 Å². The molecule has 1 aliphatic rings. The lowest BCUT2D eigenvalue weighted by Gasteiger charge is -2.11. The molecule has 1 N–H and O–H groups in total. The Labute approximate surface area is 98.3 Å². The summed E-state index contributed by atoms with van der Waals surface area (Å²) in [6.07, 6.45) is -0.316. The van der Waals surface area contributed by atoms with Gasteiger partial charge in [-0.15, -0.1) is 0 Å². The number of rotatable bonds is 1. The van der Waals surface area contributed by atoms with Crippen molar-refractivity contribution in [2.75, 3.05) is 13.2 Å². The highest BCUT2D eigenvalue weighted by Crippen LogP contribution is 2.36. The van der Waals surface area contributed by atoms with E-state index in [0.29, 0.717) is 22.2 Å². The third-order valence-electron chi connectivity index (χ3n) is 1.93. The number of hydrogen-bond donors (Lipinski definition) is 1. The molecule has 0 radical (unpaired) electrons. The van der Waals surface area contributed by atoms with E-state index in [-0.39, 0.29) is 12.0 Å². The summed E-state index contributed by atoms with van der Waals surface area (Å²) in [5.74, 6) is 0.187. The van der Waals surface area contributed by atoms with Gasteiger partial charge in [0.15, 0.2) is 6.29 Å². The van der Waals surface area contributed by atoms with Crippen LogP contribution in [0.3, 0.4) is 0 Å². The number of ether oxygens (including phenoxy) is 2. The van der Waals surface area contributed by atoms with Gasteiger partial charge >= 0.3 is 0 Å². The zero-order valence-corrected chi connectivity index (χ0v) is 10.3. The van der Waals surface area contributed by atoms with E-state index in [1.54, 1.807) is 12.1 Å². The summed E-state index contributed by atoms with van der Waals surface area (Å²) in [4.78, 5) is 0. The highest BCUT2D eigenvalue weighted by Gasteiger charge is 2.20. The summed E-state index contributed by atoms with van der Waals surface area (Å²) in [6.45, 7) is 1.22. The van der Waals surface area contributed by atoms with Crippen molar-refractivity contribution in [3.8, 4) is 5.75 Å². The lowest BCUT2D eigenvalue weighted by Crippen LogP contribution is -1.97. The predicted octanol–water partition coefficient (Wildman–Crippen LogP) is 2.96. The van der Waals surface area contributed by atoms with Gasteiger partial charge in [-0.05, 0) is 44.0 Å². The normalized spacial score (nSPS) is 17.6. The van der Waals surface area contributed by atoms with Crippen LogP contribution >= 0.6 is 31.9 Å². The summed E-state index contributed by atoms with van der Waals surface area (Å²) >= 11 is 6.51. The molecule has 3 nitrogen and oxygen atoms in total. The third kappa shape index (κ3) is 1.95. The molecule has 76 valence electrons. The molecule has 0 atom stereocenters. The SMILES string of the molecule is Oc1c(Br)cc(C2OCCO2)cc1Br. The second-order valence-corrected chi connectivity index (χ2v) is 4.62. The van der Waals surface area contributed by atoms with Crippen LogP contribution in [0.25, 0.3) is 0 Å². The Hall–Kier alpha value is -0.100. The zero-order chi connectivity index (χ0) is 10.1. The van der Waals surface area contributed by atoms with Crippen LogP contribution in [0.15, 0.2) is 21.1 Å². The minimum Gasteiger partial charge on any atom is -0.506 e. The molecule has 0 spiro atoms. The molecule has 0 saturated carbocycles. The van der Waals surface area contributed by atoms with Gasteiger partial charge in [-0.2, -0.15) is 0 Å². The Morgan fingerprint density at radius 3 is 2.14 bits per heavy atom. The van der Waals surface area contributed by atoms with Crippen molar-refractivity contribution >= 4 is 31.9 Å². The molecular weight excluding hydrogens is 316 g/mol. The maximum atomic E-state index is 9.50. The van der Waals surface area contributed by atoms with Gasteiger partial charge in [0.1, 0.15) is 5.75 Å². The van der Waals surface area contributed by atoms with Crippen molar-refractivity contribution in [1.82, 2.24) is 0 Å². The monoisotopic (exact) mass is 322 g/mol. The second kappa shape index (κ2) is 4.18. The Kier molecular flexibility index (Phi) is 3.11. The number of phenols is 1. The predicted molar refractivity (Wildman–Crippen MR) is 58.2 cm³/mol. The van der Waals surface area contributed by atoms with E-state index < -0.39 is 0 Å². The average Bonchev–Trinajstić information content (AvgIpc) is 2.66. The topological polar surface area (TPSA) is 38.7 Å². The van der Waals surface area contributed by atoms with Crippen molar-refractivity contribution in [2.24, 2.45) is 0 Å². The lowest BCUT2D eigenvalue weighted by molar-refractivity contribution is -0.0442. The molecule has 1 fully saturated rings. The van der Waals surface area contributed by atoms with Gasteiger partial charge in [0.05, 0.1) is 22.2 Å². The van der Waals surface area contributed by atoms with Crippen LogP contribution in [-0.2, 0) is 9.47 Å². The summed E-state index contributed by atoms with van der Waals surface area (Å²) in [6, 6.07) is 3.58. The minimum absolute atomic E-state index is 0.187. The van der Waals surface area contributed by atoms with E-state index in [1.165, 1.54) is 0 Å². The van der Waals surface area contributed by atoms with Crippen molar-refractivity contribution in [3.05, 3.63) is 26.6 Å². The molecule has 1 heterocycles. The van der Waals surface area contributed by atoms with Crippen LogP contribution in [0.4, 0.5) is 0 Å². The van der Waals surface area contributed by atoms with Crippen LogP contribution < -0.4 is 0 Å². The molecule has 0 aromatic heterocycles. The smallest absolute Gasteiger partial charge is 0.184 e. The highest BCUT2D eigenvalue weighted by molar-refractivity contribution is 9.11. The fraction of sp³-hybridized carbons (Fsp3) is 0.333. The third-order valence-corrected chi connectivity index (χ3v) is 3.14. The van der Waals surface area contributed by atoms with Gasteiger partial charge in [0.25, 0.3) is 0 Å². The molecule has 14 heavy (non-hydrogen) atoms. The van der Waals surface area contributed by atoms with E-state index in [4.69, 9.17) is 9.47 Å². The Morgan fingerprint density at radius 2 is 1.64 bits per heavy atom. The number of aromatic hydroxyl groups is 1. The average molecular weight is 324 g/mol. The van der Waals surface area contributed by atoms with E-state index in [2.05, 4.69) is 31.9 Å². The quantitative estimate of drug-likeness (QED) is 0.863. The van der Waals surface area contributed by atoms with Crippen molar-refractivity contribution < 1.29 is 14.6 Å². The largest absolute Gasteiger partial charge is 0.506 e. The van der Waals surface area contributed by atoms with E-state index >= 15 is 0 Å². The maximum Gasteiger partial charge on any atom is 0.184 e. The molecule has 0 unspecified atom stereocenters. The minimum atomic E-state index is -0.316. The van der Waals surface area contributed by atoms with E-state index in [1.807, 2.05) is 0 Å². The van der Waals surface area contributed by atoms with Crippen LogP contribution in [-0.4, -0.2) is 18.3 Å². The fourth-order valence-electron chi connectivity index (χ4n) is 1.27. The summed E-state index contributed by atoms with van der Waals surface area (Å²) < 4.78 is 11.9. The lowest BCUT2D eigenvalue weighted by atomic mass is 10.2. The van der Waals surface area contributed by atoms with Gasteiger partial charge < -0.3 is 14.6 Å². The Bertz CT molecular complexity index is 325. The van der Waals surface area contributed by atoms with Gasteiger partial charge in [-0.3, -0.25) is 0 Å². The molecule has 1 aromatic carbocycles. The zero-order valence-electron chi connectivity index (χ0n) is 7.17. The van der Waals surface area contributed by atoms with E-state index in [9.17, 15) is 5.11 Å². The van der Waals surface area contributed by atoms with Crippen LogP contribution in [0.5, 0.6) is 5.75 Å². The van der Waals surface area contributed by atoms with Crippen molar-refractivity contribution in [1.29, 1.82) is 0 Å². The molecule has 0 amide bonds. The van der Waals surface area contributed by atoms with Gasteiger partial charge in [0, 0.05) is 5.56 Å². The van der Waals surface area contributed by atoms with E-state index in [0.717, 1.165) is 5.56 Å². The Balaban J connectivity index is 2.34. The fourth-order valence-corrected chi connectivity index (χ4v) is 2.49. The van der Waals surface area contributed by atoms with Crippen molar-refractivity contribution in [2.45, 2.75) is 6.29 Å². The number of benzene rings is 1. The molecule has 0 bridgehead atoms. The first kappa shape index (κ1) is 10.4. The van der Waals surface area contributed by atoms with Crippen molar-refractivity contribution in [3.63, 3.8) is 0 Å². The van der Waals surface area contributed by atoms with Crippen LogP contribution in [0, 0.1) is 0 Å². The maximum absolute atomic E-state index is 9.50. The molecule has 1 aromatic rings. The number of halogens is 2. The van der Waals surface area contributed by atoms with Crippen LogP contribution in [0.1, 0.15) is 11.9 Å². The first-order chi connectivity index (χ1) is 6.68. The number of hydrogen-bond acceptors (Lipinski definition) is 3. The molecule has 0 aliphatic carbocycles. The summed E-state index contributed by atoms with van der Waals surface area (Å²) in [7, 11) is 0. The first-order valence-electron chi connectivity index (χ1n) is 4.09. The van der Waals surface area contributed by atoms with Crippen LogP contribution in [0.2, 0.25) is 0 Å². The molecule has 1 aliphatic heterocycles. The molecular formula is C9H8Br2O3. The molecule has 5 heteroatoms. The van der Waals surface area contributed by atoms with Gasteiger partial charge in [-0.1, -0.05) is 0 Å². The molecule has 2 rings (SSSR count).